The standard InChI is InChI=1S/C13H20FNO6/c1-13(2,3)21-12(18)15-8(11(17)19-4)7-9(10(15)16)20-6-5-14/h8-9H,5-7H2,1-4H3/t8-,9?/m0/s1. The van der Waals surface area contributed by atoms with Crippen LogP contribution in [0.2, 0.25) is 0 Å². The van der Waals surface area contributed by atoms with Gasteiger partial charge in [-0.2, -0.15) is 0 Å². The van der Waals surface area contributed by atoms with E-state index in [9.17, 15) is 18.8 Å². The topological polar surface area (TPSA) is 82.1 Å². The zero-order chi connectivity index (χ0) is 16.2. The van der Waals surface area contributed by atoms with Gasteiger partial charge in [-0.05, 0) is 20.8 Å². The Labute approximate surface area is 122 Å². The Morgan fingerprint density at radius 1 is 1.38 bits per heavy atom. The second kappa shape index (κ2) is 6.84. The van der Waals surface area contributed by atoms with Crippen LogP contribution >= 0.6 is 0 Å². The van der Waals surface area contributed by atoms with Gasteiger partial charge < -0.3 is 14.2 Å². The number of methoxy groups -OCH3 is 1. The Kier molecular flexibility index (Phi) is 5.65. The highest BCUT2D eigenvalue weighted by atomic mass is 19.1. The molecule has 1 rings (SSSR count). The lowest BCUT2D eigenvalue weighted by Crippen LogP contribution is -2.46. The maximum absolute atomic E-state index is 12.1. The number of halogens is 1. The first-order valence-corrected chi connectivity index (χ1v) is 6.52. The van der Waals surface area contributed by atoms with Gasteiger partial charge in [0.1, 0.15) is 24.4 Å². The van der Waals surface area contributed by atoms with Gasteiger partial charge in [-0.15, -0.1) is 0 Å². The fraction of sp³-hybridized carbons (Fsp3) is 0.769. The molecular formula is C13H20FNO6. The van der Waals surface area contributed by atoms with E-state index in [0.717, 1.165) is 7.11 Å². The average molecular weight is 305 g/mol. The van der Waals surface area contributed by atoms with Crippen molar-refractivity contribution in [1.29, 1.82) is 0 Å². The summed E-state index contributed by atoms with van der Waals surface area (Å²) in [5, 5.41) is 0. The quantitative estimate of drug-likeness (QED) is 0.722. The third kappa shape index (κ3) is 4.38. The Balaban J connectivity index is 2.92. The molecule has 120 valence electrons. The van der Waals surface area contributed by atoms with Crippen molar-refractivity contribution in [2.75, 3.05) is 20.4 Å². The minimum Gasteiger partial charge on any atom is -0.467 e. The Bertz CT molecular complexity index is 419. The van der Waals surface area contributed by atoms with Crippen LogP contribution in [0.25, 0.3) is 0 Å². The van der Waals surface area contributed by atoms with Crippen LogP contribution in [0.3, 0.4) is 0 Å². The molecule has 8 heteroatoms. The summed E-state index contributed by atoms with van der Waals surface area (Å²) in [6.45, 7) is 3.85. The monoisotopic (exact) mass is 305 g/mol. The van der Waals surface area contributed by atoms with Crippen LogP contribution in [0, 0.1) is 0 Å². The maximum atomic E-state index is 12.1. The van der Waals surface area contributed by atoms with Crippen LogP contribution in [0.1, 0.15) is 27.2 Å². The molecule has 21 heavy (non-hydrogen) atoms. The number of carbonyl (C=O) groups excluding carboxylic acids is 3. The van der Waals surface area contributed by atoms with Crippen LogP contribution < -0.4 is 0 Å². The second-order valence-corrected chi connectivity index (χ2v) is 5.51. The van der Waals surface area contributed by atoms with Crippen molar-refractivity contribution in [3.05, 3.63) is 0 Å². The van der Waals surface area contributed by atoms with Crippen molar-refractivity contribution in [3.63, 3.8) is 0 Å². The van der Waals surface area contributed by atoms with E-state index in [1.807, 2.05) is 0 Å². The first-order valence-electron chi connectivity index (χ1n) is 6.52. The normalized spacial score (nSPS) is 22.3. The molecule has 2 atom stereocenters. The number of alkyl halides is 1. The number of nitrogens with zero attached hydrogens (tertiary/aromatic N) is 1. The molecule has 1 fully saturated rings. The number of esters is 1. The smallest absolute Gasteiger partial charge is 0.417 e. The minimum atomic E-state index is -1.12. The van der Waals surface area contributed by atoms with Gasteiger partial charge in [0, 0.05) is 6.42 Å². The van der Waals surface area contributed by atoms with Crippen LogP contribution in [0.15, 0.2) is 0 Å². The lowest BCUT2D eigenvalue weighted by molar-refractivity contribution is -0.149. The Hall–Kier alpha value is -1.70. The van der Waals surface area contributed by atoms with Crippen LogP contribution in [0.4, 0.5) is 9.18 Å². The summed E-state index contributed by atoms with van der Waals surface area (Å²) in [5.41, 5.74) is -0.823. The van der Waals surface area contributed by atoms with Crippen LogP contribution in [-0.4, -0.2) is 61.0 Å². The number of ether oxygens (including phenoxy) is 3. The third-order valence-electron chi connectivity index (χ3n) is 2.72. The highest BCUT2D eigenvalue weighted by molar-refractivity contribution is 6.01. The van der Waals surface area contributed by atoms with Gasteiger partial charge in [0.2, 0.25) is 0 Å². The summed E-state index contributed by atoms with van der Waals surface area (Å²) >= 11 is 0. The maximum Gasteiger partial charge on any atom is 0.417 e. The molecule has 1 aliphatic heterocycles. The van der Waals surface area contributed by atoms with Gasteiger partial charge in [-0.25, -0.2) is 18.9 Å². The first kappa shape index (κ1) is 17.4. The molecule has 0 aliphatic carbocycles. The molecule has 0 radical (unpaired) electrons. The molecule has 0 saturated carbocycles. The van der Waals surface area contributed by atoms with E-state index in [0.29, 0.717) is 4.90 Å². The van der Waals surface area contributed by atoms with E-state index in [4.69, 9.17) is 9.47 Å². The number of hydrogen-bond acceptors (Lipinski definition) is 6. The lowest BCUT2D eigenvalue weighted by Gasteiger charge is -2.26. The summed E-state index contributed by atoms with van der Waals surface area (Å²) in [6, 6.07) is -1.12. The van der Waals surface area contributed by atoms with Gasteiger partial charge in [-0.1, -0.05) is 0 Å². The van der Waals surface area contributed by atoms with Crippen molar-refractivity contribution < 1.29 is 33.0 Å². The largest absolute Gasteiger partial charge is 0.467 e. The molecule has 0 N–H and O–H groups in total. The molecule has 0 aromatic rings. The Morgan fingerprint density at radius 2 is 2.00 bits per heavy atom. The van der Waals surface area contributed by atoms with Gasteiger partial charge in [-0.3, -0.25) is 4.79 Å². The van der Waals surface area contributed by atoms with E-state index in [1.54, 1.807) is 20.8 Å². The molecule has 2 amide bonds. The summed E-state index contributed by atoms with van der Waals surface area (Å²) in [5.74, 6) is -1.48. The predicted molar refractivity (Wildman–Crippen MR) is 69.2 cm³/mol. The van der Waals surface area contributed by atoms with Crippen molar-refractivity contribution in [3.8, 4) is 0 Å². The molecule has 1 aliphatic rings. The van der Waals surface area contributed by atoms with Gasteiger partial charge in [0.05, 0.1) is 13.7 Å². The molecule has 1 unspecified atom stereocenters. The molecule has 0 aromatic carbocycles. The molecule has 7 nitrogen and oxygen atoms in total. The zero-order valence-corrected chi connectivity index (χ0v) is 12.6. The van der Waals surface area contributed by atoms with Crippen LogP contribution in [0.5, 0.6) is 0 Å². The fourth-order valence-electron chi connectivity index (χ4n) is 1.91. The molecule has 1 heterocycles. The number of hydrogen-bond donors (Lipinski definition) is 0. The fourth-order valence-corrected chi connectivity index (χ4v) is 1.91. The van der Waals surface area contributed by atoms with E-state index in [2.05, 4.69) is 4.74 Å². The van der Waals surface area contributed by atoms with Gasteiger partial charge >= 0.3 is 12.1 Å². The van der Waals surface area contributed by atoms with Crippen molar-refractivity contribution in [2.24, 2.45) is 0 Å². The van der Waals surface area contributed by atoms with Gasteiger partial charge in [0.15, 0.2) is 0 Å². The summed E-state index contributed by atoms with van der Waals surface area (Å²) in [6.07, 6.45) is -2.09. The predicted octanol–water partition coefficient (Wildman–Crippen LogP) is 1.05. The lowest BCUT2D eigenvalue weighted by atomic mass is 10.2. The summed E-state index contributed by atoms with van der Waals surface area (Å²) in [7, 11) is 1.15. The molecular weight excluding hydrogens is 285 g/mol. The van der Waals surface area contributed by atoms with Gasteiger partial charge in [0.25, 0.3) is 5.91 Å². The number of amides is 2. The minimum absolute atomic E-state index is 0.0786. The number of rotatable bonds is 4. The van der Waals surface area contributed by atoms with E-state index >= 15 is 0 Å². The van der Waals surface area contributed by atoms with Crippen molar-refractivity contribution >= 4 is 18.0 Å². The zero-order valence-electron chi connectivity index (χ0n) is 12.6. The molecule has 0 aromatic heterocycles. The SMILES string of the molecule is COC(=O)[C@@H]1CC(OCCF)C(=O)N1C(=O)OC(C)(C)C. The van der Waals surface area contributed by atoms with Crippen LogP contribution in [-0.2, 0) is 23.8 Å². The van der Waals surface area contributed by atoms with Crippen molar-refractivity contribution in [1.82, 2.24) is 4.90 Å². The summed E-state index contributed by atoms with van der Waals surface area (Å²) in [4.78, 5) is 36.6. The number of carbonyl (C=O) groups is 3. The summed E-state index contributed by atoms with van der Waals surface area (Å²) < 4.78 is 26.8. The molecule has 0 spiro atoms. The number of imide groups is 1. The van der Waals surface area contributed by atoms with E-state index < -0.39 is 42.4 Å². The van der Waals surface area contributed by atoms with E-state index in [1.165, 1.54) is 0 Å². The molecule has 1 saturated heterocycles. The highest BCUT2D eigenvalue weighted by Gasteiger charge is 2.49. The average Bonchev–Trinajstić information content (AvgIpc) is 2.70. The van der Waals surface area contributed by atoms with Crippen molar-refractivity contribution in [2.45, 2.75) is 44.9 Å². The number of likely N-dealkylation sites (tertiary alicyclic amines) is 1. The third-order valence-corrected chi connectivity index (χ3v) is 2.72. The highest BCUT2D eigenvalue weighted by Crippen LogP contribution is 2.25. The van der Waals surface area contributed by atoms with E-state index in [-0.39, 0.29) is 13.0 Å². The molecule has 0 bridgehead atoms. The first-order chi connectivity index (χ1) is 9.71. The second-order valence-electron chi connectivity index (χ2n) is 5.51. The Morgan fingerprint density at radius 3 is 2.48 bits per heavy atom.